The van der Waals surface area contributed by atoms with Crippen LogP contribution in [0.5, 0.6) is 0 Å². The number of nitrogens with one attached hydrogen (secondary N) is 2. The van der Waals surface area contributed by atoms with Crippen LogP contribution in [-0.2, 0) is 9.59 Å². The van der Waals surface area contributed by atoms with Gasteiger partial charge in [-0.1, -0.05) is 12.2 Å². The van der Waals surface area contributed by atoms with Crippen LogP contribution < -0.4 is 10.9 Å². The Morgan fingerprint density at radius 3 is 2.29 bits per heavy atom. The zero-order valence-corrected chi connectivity index (χ0v) is 11.2. The van der Waals surface area contributed by atoms with E-state index in [2.05, 4.69) is 15.8 Å². The fourth-order valence-electron chi connectivity index (χ4n) is 2.16. The molecule has 1 heterocycles. The molecule has 1 aliphatic rings. The molecule has 2 amide bonds. The highest BCUT2D eigenvalue weighted by molar-refractivity contribution is 5.95. The number of hydrazine groups is 1. The number of carbonyl (C=O) groups is 3. The summed E-state index contributed by atoms with van der Waals surface area (Å²) < 4.78 is 0. The standard InChI is InChI=1S/C14H15N3O4/c18-12(9-5-7-15-8-6-9)16-17-13(19)10-3-1-2-4-11(10)14(20)21/h1-2,5-8,10-11H,3-4H2,(H,16,18)(H,17,19)(H,20,21)/t10-,11+/m1/s1. The Balaban J connectivity index is 1.94. The van der Waals surface area contributed by atoms with Crippen molar-refractivity contribution in [3.05, 3.63) is 42.2 Å². The molecule has 0 fully saturated rings. The van der Waals surface area contributed by atoms with Crippen LogP contribution in [0.25, 0.3) is 0 Å². The van der Waals surface area contributed by atoms with Crippen LogP contribution in [0.15, 0.2) is 36.7 Å². The van der Waals surface area contributed by atoms with Gasteiger partial charge in [-0.2, -0.15) is 0 Å². The Morgan fingerprint density at radius 2 is 1.67 bits per heavy atom. The number of aromatic nitrogens is 1. The molecule has 3 N–H and O–H groups in total. The van der Waals surface area contributed by atoms with Gasteiger partial charge >= 0.3 is 5.97 Å². The van der Waals surface area contributed by atoms with Crippen molar-refractivity contribution in [2.75, 3.05) is 0 Å². The number of rotatable bonds is 3. The molecule has 0 aliphatic heterocycles. The number of hydrogen-bond acceptors (Lipinski definition) is 4. The van der Waals surface area contributed by atoms with Gasteiger partial charge in [0.05, 0.1) is 11.8 Å². The third-order valence-corrected chi connectivity index (χ3v) is 3.33. The molecule has 7 heteroatoms. The Hall–Kier alpha value is -2.70. The van der Waals surface area contributed by atoms with Crippen molar-refractivity contribution < 1.29 is 19.5 Å². The van der Waals surface area contributed by atoms with Gasteiger partial charge in [-0.3, -0.25) is 30.2 Å². The van der Waals surface area contributed by atoms with Crippen molar-refractivity contribution in [3.63, 3.8) is 0 Å². The Kier molecular flexibility index (Phi) is 4.65. The summed E-state index contributed by atoms with van der Waals surface area (Å²) in [7, 11) is 0. The van der Waals surface area contributed by atoms with Crippen LogP contribution in [0.4, 0.5) is 0 Å². The van der Waals surface area contributed by atoms with Crippen LogP contribution in [-0.4, -0.2) is 27.9 Å². The first-order valence-electron chi connectivity index (χ1n) is 6.47. The van der Waals surface area contributed by atoms with Gasteiger partial charge in [-0.05, 0) is 25.0 Å². The van der Waals surface area contributed by atoms with E-state index in [1.165, 1.54) is 24.5 Å². The number of carboxylic acids is 1. The summed E-state index contributed by atoms with van der Waals surface area (Å²) in [6, 6.07) is 3.01. The first-order chi connectivity index (χ1) is 10.1. The van der Waals surface area contributed by atoms with Crippen molar-refractivity contribution >= 4 is 17.8 Å². The lowest BCUT2D eigenvalue weighted by Gasteiger charge is -2.24. The molecule has 0 aromatic carbocycles. The van der Waals surface area contributed by atoms with Crippen LogP contribution in [0, 0.1) is 11.8 Å². The predicted octanol–water partition coefficient (Wildman–Crippen LogP) is 0.510. The largest absolute Gasteiger partial charge is 0.481 e. The van der Waals surface area contributed by atoms with Gasteiger partial charge in [0.25, 0.3) is 5.91 Å². The van der Waals surface area contributed by atoms with Gasteiger partial charge in [0.1, 0.15) is 0 Å². The number of hydrogen-bond donors (Lipinski definition) is 3. The highest BCUT2D eigenvalue weighted by atomic mass is 16.4. The second kappa shape index (κ2) is 6.65. The van der Waals surface area contributed by atoms with Gasteiger partial charge in [-0.25, -0.2) is 0 Å². The lowest BCUT2D eigenvalue weighted by Crippen LogP contribution is -2.47. The minimum atomic E-state index is -1.01. The van der Waals surface area contributed by atoms with E-state index in [9.17, 15) is 14.4 Å². The molecule has 0 spiro atoms. The van der Waals surface area contributed by atoms with E-state index >= 15 is 0 Å². The molecule has 0 unspecified atom stereocenters. The third-order valence-electron chi connectivity index (χ3n) is 3.33. The van der Waals surface area contributed by atoms with Gasteiger partial charge in [-0.15, -0.1) is 0 Å². The van der Waals surface area contributed by atoms with Gasteiger partial charge in [0, 0.05) is 18.0 Å². The molecule has 1 aromatic rings. The van der Waals surface area contributed by atoms with Crippen LogP contribution in [0.3, 0.4) is 0 Å². The molecule has 1 aromatic heterocycles. The minimum Gasteiger partial charge on any atom is -0.481 e. The maximum atomic E-state index is 12.0. The number of carbonyl (C=O) groups excluding carboxylic acids is 2. The number of amides is 2. The molecule has 0 bridgehead atoms. The van der Waals surface area contributed by atoms with E-state index in [-0.39, 0.29) is 0 Å². The first kappa shape index (κ1) is 14.7. The zero-order valence-electron chi connectivity index (χ0n) is 11.2. The summed E-state index contributed by atoms with van der Waals surface area (Å²) >= 11 is 0. The van der Waals surface area contributed by atoms with E-state index in [4.69, 9.17) is 5.11 Å². The second-order valence-corrected chi connectivity index (χ2v) is 4.67. The molecule has 2 atom stereocenters. The molecule has 0 saturated carbocycles. The van der Waals surface area contributed by atoms with Crippen LogP contribution in [0.2, 0.25) is 0 Å². The average Bonchev–Trinajstić information content (AvgIpc) is 2.53. The molecular formula is C14H15N3O4. The summed E-state index contributed by atoms with van der Waals surface area (Å²) in [6.07, 6.45) is 7.10. The monoisotopic (exact) mass is 289 g/mol. The summed E-state index contributed by atoms with van der Waals surface area (Å²) in [5.41, 5.74) is 4.90. The summed E-state index contributed by atoms with van der Waals surface area (Å²) in [5, 5.41) is 9.10. The van der Waals surface area contributed by atoms with E-state index in [0.717, 1.165) is 0 Å². The maximum Gasteiger partial charge on any atom is 0.307 e. The summed E-state index contributed by atoms with van der Waals surface area (Å²) in [6.45, 7) is 0. The number of carboxylic acid groups (broad SMARTS) is 1. The average molecular weight is 289 g/mol. The maximum absolute atomic E-state index is 12.0. The van der Waals surface area contributed by atoms with Gasteiger partial charge in [0.2, 0.25) is 5.91 Å². The normalized spacial score (nSPS) is 20.6. The first-order valence-corrected chi connectivity index (χ1v) is 6.47. The second-order valence-electron chi connectivity index (χ2n) is 4.67. The fourth-order valence-corrected chi connectivity index (χ4v) is 2.16. The molecule has 110 valence electrons. The molecule has 0 saturated heterocycles. The van der Waals surface area contributed by atoms with Gasteiger partial charge in [0.15, 0.2) is 0 Å². The molecule has 0 radical (unpaired) electrons. The molecule has 2 rings (SSSR count). The van der Waals surface area contributed by atoms with Crippen LogP contribution in [0.1, 0.15) is 23.2 Å². The topological polar surface area (TPSA) is 108 Å². The molecular weight excluding hydrogens is 274 g/mol. The highest BCUT2D eigenvalue weighted by Crippen LogP contribution is 2.25. The lowest BCUT2D eigenvalue weighted by molar-refractivity contribution is -0.147. The summed E-state index contributed by atoms with van der Waals surface area (Å²) in [5.74, 6) is -3.46. The van der Waals surface area contributed by atoms with Crippen molar-refractivity contribution in [2.45, 2.75) is 12.8 Å². The third kappa shape index (κ3) is 3.65. The van der Waals surface area contributed by atoms with Gasteiger partial charge < -0.3 is 5.11 Å². The molecule has 21 heavy (non-hydrogen) atoms. The smallest absolute Gasteiger partial charge is 0.307 e. The van der Waals surface area contributed by atoms with E-state index in [0.29, 0.717) is 18.4 Å². The number of allylic oxidation sites excluding steroid dienone is 2. The van der Waals surface area contributed by atoms with E-state index < -0.39 is 29.6 Å². The molecule has 1 aliphatic carbocycles. The predicted molar refractivity (Wildman–Crippen MR) is 72.8 cm³/mol. The fraction of sp³-hybridized carbons (Fsp3) is 0.286. The van der Waals surface area contributed by atoms with Crippen molar-refractivity contribution in [3.8, 4) is 0 Å². The number of pyridine rings is 1. The molecule has 7 nitrogen and oxygen atoms in total. The van der Waals surface area contributed by atoms with Crippen molar-refractivity contribution in [2.24, 2.45) is 11.8 Å². The van der Waals surface area contributed by atoms with E-state index in [1.807, 2.05) is 0 Å². The highest BCUT2D eigenvalue weighted by Gasteiger charge is 2.34. The zero-order chi connectivity index (χ0) is 15.2. The Labute approximate surface area is 121 Å². The quantitative estimate of drug-likeness (QED) is 0.555. The number of aliphatic carboxylic acids is 1. The Bertz CT molecular complexity index is 571. The SMILES string of the molecule is O=C(NNC(=O)[C@@H]1CC=CC[C@@H]1C(=O)O)c1ccncc1. The lowest BCUT2D eigenvalue weighted by atomic mass is 9.82. The van der Waals surface area contributed by atoms with E-state index in [1.54, 1.807) is 12.2 Å². The Morgan fingerprint density at radius 1 is 1.05 bits per heavy atom. The van der Waals surface area contributed by atoms with Crippen LogP contribution >= 0.6 is 0 Å². The number of nitrogens with zero attached hydrogens (tertiary/aromatic N) is 1. The minimum absolute atomic E-state index is 0.311. The summed E-state index contributed by atoms with van der Waals surface area (Å²) in [4.78, 5) is 38.7. The van der Waals surface area contributed by atoms with Crippen molar-refractivity contribution in [1.29, 1.82) is 0 Å². The van der Waals surface area contributed by atoms with Crippen molar-refractivity contribution in [1.82, 2.24) is 15.8 Å².